The molecular formula is C17H34O4Si. The Morgan fingerprint density at radius 2 is 1.77 bits per heavy atom. The third kappa shape index (κ3) is 6.92. The van der Waals surface area contributed by atoms with Crippen molar-refractivity contribution in [3.8, 4) is 0 Å². The lowest BCUT2D eigenvalue weighted by molar-refractivity contribution is -0.209. The summed E-state index contributed by atoms with van der Waals surface area (Å²) in [7, 11) is 3.93. The molecule has 0 amide bonds. The zero-order valence-electron chi connectivity index (χ0n) is 15.3. The Kier molecular flexibility index (Phi) is 8.28. The fraction of sp³-hybridized carbons (Fsp3) is 0.882. The van der Waals surface area contributed by atoms with E-state index in [4.69, 9.17) is 18.9 Å². The predicted octanol–water partition coefficient (Wildman–Crippen LogP) is 3.83. The van der Waals surface area contributed by atoms with Gasteiger partial charge in [-0.2, -0.15) is 0 Å². The summed E-state index contributed by atoms with van der Waals surface area (Å²) in [5.41, 5.74) is 2.40. The van der Waals surface area contributed by atoms with Gasteiger partial charge in [-0.3, -0.25) is 0 Å². The second-order valence-corrected chi connectivity index (χ2v) is 12.5. The molecule has 0 bridgehead atoms. The Morgan fingerprint density at radius 1 is 1.14 bits per heavy atom. The quantitative estimate of drug-likeness (QED) is 0.500. The maximum Gasteiger partial charge on any atom is 0.157 e. The van der Waals surface area contributed by atoms with Crippen LogP contribution in [-0.2, 0) is 18.9 Å². The average molecular weight is 331 g/mol. The van der Waals surface area contributed by atoms with Crippen LogP contribution in [0.1, 0.15) is 26.2 Å². The topological polar surface area (TPSA) is 36.9 Å². The van der Waals surface area contributed by atoms with Crippen molar-refractivity contribution < 1.29 is 18.9 Å². The Balaban J connectivity index is 2.67. The molecule has 0 unspecified atom stereocenters. The highest BCUT2D eigenvalue weighted by Gasteiger charge is 2.33. The van der Waals surface area contributed by atoms with Gasteiger partial charge in [0.25, 0.3) is 0 Å². The van der Waals surface area contributed by atoms with Crippen molar-refractivity contribution in [1.82, 2.24) is 0 Å². The first kappa shape index (κ1) is 19.8. The number of rotatable bonds is 8. The van der Waals surface area contributed by atoms with Gasteiger partial charge in [0.05, 0.1) is 14.2 Å². The lowest BCUT2D eigenvalue weighted by Gasteiger charge is -2.37. The van der Waals surface area contributed by atoms with E-state index in [-0.39, 0.29) is 18.7 Å². The van der Waals surface area contributed by atoms with Crippen LogP contribution in [0.25, 0.3) is 0 Å². The highest BCUT2D eigenvalue weighted by molar-refractivity contribution is 6.80. The van der Waals surface area contributed by atoms with Crippen molar-refractivity contribution in [2.45, 2.75) is 64.5 Å². The number of hydrogen-bond acceptors (Lipinski definition) is 4. The minimum atomic E-state index is -1.17. The summed E-state index contributed by atoms with van der Waals surface area (Å²) in [5.74, 6) is 0.895. The molecule has 22 heavy (non-hydrogen) atoms. The molecule has 0 spiro atoms. The van der Waals surface area contributed by atoms with Crippen LogP contribution < -0.4 is 0 Å². The van der Waals surface area contributed by atoms with Gasteiger partial charge in [0.15, 0.2) is 12.6 Å². The van der Waals surface area contributed by atoms with Crippen molar-refractivity contribution in [3.05, 3.63) is 11.8 Å². The van der Waals surface area contributed by atoms with E-state index >= 15 is 0 Å². The molecule has 1 saturated heterocycles. The first-order valence-corrected chi connectivity index (χ1v) is 11.8. The molecule has 5 heteroatoms. The molecule has 0 saturated carbocycles. The smallest absolute Gasteiger partial charge is 0.157 e. The van der Waals surface area contributed by atoms with Gasteiger partial charge in [0.2, 0.25) is 0 Å². The van der Waals surface area contributed by atoms with Crippen LogP contribution in [0.5, 0.6) is 0 Å². The van der Waals surface area contributed by atoms with Crippen LogP contribution in [0.4, 0.5) is 0 Å². The van der Waals surface area contributed by atoms with E-state index in [1.54, 1.807) is 21.3 Å². The van der Waals surface area contributed by atoms with Crippen molar-refractivity contribution in [3.63, 3.8) is 0 Å². The van der Waals surface area contributed by atoms with Crippen LogP contribution in [0.3, 0.4) is 0 Å². The Hall–Kier alpha value is -0.203. The molecule has 0 N–H and O–H groups in total. The summed E-state index contributed by atoms with van der Waals surface area (Å²) in [6.07, 6.45) is 5.08. The van der Waals surface area contributed by atoms with Gasteiger partial charge in [-0.25, -0.2) is 0 Å². The van der Waals surface area contributed by atoms with Gasteiger partial charge in [0.1, 0.15) is 0 Å². The van der Waals surface area contributed by atoms with E-state index < -0.39 is 8.07 Å². The van der Waals surface area contributed by atoms with Crippen molar-refractivity contribution >= 4 is 8.07 Å². The lowest BCUT2D eigenvalue weighted by Crippen LogP contribution is -2.38. The van der Waals surface area contributed by atoms with Crippen molar-refractivity contribution in [2.24, 2.45) is 11.8 Å². The molecule has 0 radical (unpaired) electrons. The zero-order chi connectivity index (χ0) is 16.8. The van der Waals surface area contributed by atoms with Gasteiger partial charge >= 0.3 is 0 Å². The Bertz CT molecular complexity index is 336. The normalized spacial score (nSPS) is 28.5. The summed E-state index contributed by atoms with van der Waals surface area (Å²) >= 11 is 0. The highest BCUT2D eigenvalue weighted by Crippen LogP contribution is 2.33. The number of hydrogen-bond donors (Lipinski definition) is 0. The minimum absolute atomic E-state index is 0.124. The largest absolute Gasteiger partial charge is 0.356 e. The summed E-state index contributed by atoms with van der Waals surface area (Å²) < 4.78 is 22.3. The maximum absolute atomic E-state index is 6.10. The second-order valence-electron chi connectivity index (χ2n) is 7.40. The first-order valence-electron chi connectivity index (χ1n) is 8.22. The van der Waals surface area contributed by atoms with Crippen LogP contribution in [-0.4, -0.2) is 48.1 Å². The Labute approximate surface area is 137 Å². The van der Waals surface area contributed by atoms with Crippen LogP contribution in [0, 0.1) is 11.8 Å². The van der Waals surface area contributed by atoms with Gasteiger partial charge in [-0.05, 0) is 18.3 Å². The van der Waals surface area contributed by atoms with E-state index in [9.17, 15) is 0 Å². The van der Waals surface area contributed by atoms with Gasteiger partial charge in [-0.1, -0.05) is 38.3 Å². The molecule has 1 fully saturated rings. The molecule has 0 aromatic rings. The average Bonchev–Trinajstić information content (AvgIpc) is 2.49. The monoisotopic (exact) mass is 330 g/mol. The predicted molar refractivity (Wildman–Crippen MR) is 92.5 cm³/mol. The van der Waals surface area contributed by atoms with Gasteiger partial charge < -0.3 is 18.9 Å². The van der Waals surface area contributed by atoms with Gasteiger partial charge in [-0.15, -0.1) is 0 Å². The zero-order valence-corrected chi connectivity index (χ0v) is 16.3. The molecule has 130 valence electrons. The first-order chi connectivity index (χ1) is 10.3. The molecule has 0 aliphatic carbocycles. The van der Waals surface area contributed by atoms with E-state index in [1.165, 1.54) is 0 Å². The van der Waals surface area contributed by atoms with Crippen LogP contribution >= 0.6 is 0 Å². The fourth-order valence-electron chi connectivity index (χ4n) is 2.81. The number of methoxy groups -OCH3 is 3. The summed E-state index contributed by atoms with van der Waals surface area (Å²) in [5, 5.41) is 0. The van der Waals surface area contributed by atoms with E-state index in [1.807, 2.05) is 0 Å². The summed E-state index contributed by atoms with van der Waals surface area (Å²) in [4.78, 5) is 0. The standard InChI is InChI=1S/C17H34O4Si/c1-13(8-9-22(5,6)7)15-10-14(11-16(18-2)19-3)12-17(20-4)21-15/h8-9,13-17H,10-12H2,1-7H3/b9-8+/t13-,14+,15-,17-/m1/s1. The second kappa shape index (κ2) is 9.18. The fourth-order valence-corrected chi connectivity index (χ4v) is 3.69. The molecule has 4 nitrogen and oxygen atoms in total. The molecule has 1 aliphatic heterocycles. The lowest BCUT2D eigenvalue weighted by atomic mass is 9.86. The minimum Gasteiger partial charge on any atom is -0.356 e. The summed E-state index contributed by atoms with van der Waals surface area (Å²) in [6.45, 7) is 9.28. The third-order valence-corrected chi connectivity index (χ3v) is 5.41. The van der Waals surface area contributed by atoms with E-state index in [0.717, 1.165) is 19.3 Å². The molecule has 4 atom stereocenters. The van der Waals surface area contributed by atoms with Crippen molar-refractivity contribution in [2.75, 3.05) is 21.3 Å². The summed E-state index contributed by atoms with van der Waals surface area (Å²) in [6, 6.07) is 0. The molecule has 0 aromatic heterocycles. The van der Waals surface area contributed by atoms with E-state index in [2.05, 4.69) is 38.3 Å². The van der Waals surface area contributed by atoms with Crippen molar-refractivity contribution in [1.29, 1.82) is 0 Å². The third-order valence-electron chi connectivity index (χ3n) is 4.22. The number of ether oxygens (including phenoxy) is 4. The molecule has 1 aliphatic rings. The van der Waals surface area contributed by atoms with Crippen LogP contribution in [0.15, 0.2) is 11.8 Å². The SMILES string of the molecule is COC(C[C@H]1C[C@H](OC)O[C@@H]([C@H](C)/C=C/[Si](C)(C)C)C1)OC. The van der Waals surface area contributed by atoms with Crippen LogP contribution in [0.2, 0.25) is 19.6 Å². The van der Waals surface area contributed by atoms with E-state index in [0.29, 0.717) is 11.8 Å². The molecule has 1 heterocycles. The highest BCUT2D eigenvalue weighted by atomic mass is 28.3. The maximum atomic E-state index is 6.10. The Morgan fingerprint density at radius 3 is 2.27 bits per heavy atom. The van der Waals surface area contributed by atoms with Gasteiger partial charge in [0, 0.05) is 34.2 Å². The molecule has 0 aromatic carbocycles. The molecule has 1 rings (SSSR count). The molecular weight excluding hydrogens is 296 g/mol.